The minimum Gasteiger partial charge on any atom is -0.280 e. The number of rotatable bonds is 3. The maximum absolute atomic E-state index is 13.7. The minimum absolute atomic E-state index is 0.220. The molecule has 2 aromatic rings. The van der Waals surface area contributed by atoms with Gasteiger partial charge in [-0.3, -0.25) is 14.3 Å². The molecule has 27 heavy (non-hydrogen) atoms. The maximum atomic E-state index is 13.7. The van der Waals surface area contributed by atoms with Crippen LogP contribution in [0.25, 0.3) is 11.0 Å². The Morgan fingerprint density at radius 2 is 1.78 bits per heavy atom. The second-order valence-corrected chi connectivity index (χ2v) is 8.69. The van der Waals surface area contributed by atoms with Crippen LogP contribution in [0.1, 0.15) is 82.0 Å². The molecule has 0 radical (unpaired) electrons. The number of fused-ring (bicyclic) bond motifs is 3. The summed E-state index contributed by atoms with van der Waals surface area (Å²) < 4.78 is 4.22. The first-order valence-corrected chi connectivity index (χ1v) is 11.2. The van der Waals surface area contributed by atoms with Crippen molar-refractivity contribution in [1.82, 2.24) is 19.2 Å². The summed E-state index contributed by atoms with van der Waals surface area (Å²) in [5, 5.41) is 5.91. The van der Waals surface area contributed by atoms with Gasteiger partial charge in [-0.15, -0.1) is 0 Å². The fourth-order valence-electron chi connectivity index (χ4n) is 5.92. The van der Waals surface area contributed by atoms with Crippen LogP contribution >= 0.6 is 0 Å². The summed E-state index contributed by atoms with van der Waals surface area (Å²) in [6.07, 6.45) is 15.5. The van der Waals surface area contributed by atoms with Gasteiger partial charge < -0.3 is 0 Å². The van der Waals surface area contributed by atoms with Gasteiger partial charge in [-0.25, -0.2) is 4.68 Å². The lowest BCUT2D eigenvalue weighted by Gasteiger charge is -2.37. The van der Waals surface area contributed by atoms with Crippen LogP contribution in [0.4, 0.5) is 0 Å². The molecule has 2 aliphatic carbocycles. The Bertz CT molecular complexity index is 890. The molecule has 1 unspecified atom stereocenters. The molecule has 0 N–H and O–H groups in total. The molecular formula is C22H32N4O. The molecule has 1 aliphatic heterocycles. The Morgan fingerprint density at radius 3 is 2.56 bits per heavy atom. The van der Waals surface area contributed by atoms with Crippen molar-refractivity contribution in [3.63, 3.8) is 0 Å². The predicted molar refractivity (Wildman–Crippen MR) is 108 cm³/mol. The third kappa shape index (κ3) is 2.77. The highest BCUT2D eigenvalue weighted by molar-refractivity contribution is 5.81. The summed E-state index contributed by atoms with van der Waals surface area (Å²) in [6, 6.07) is 0.655. The average molecular weight is 369 g/mol. The van der Waals surface area contributed by atoms with Crippen molar-refractivity contribution in [2.24, 2.45) is 0 Å². The summed E-state index contributed by atoms with van der Waals surface area (Å²) in [6.45, 7) is 4.09. The van der Waals surface area contributed by atoms with Gasteiger partial charge in [-0.1, -0.05) is 19.3 Å². The van der Waals surface area contributed by atoms with Crippen molar-refractivity contribution in [2.45, 2.75) is 96.3 Å². The van der Waals surface area contributed by atoms with E-state index in [9.17, 15) is 4.79 Å². The van der Waals surface area contributed by atoms with E-state index in [4.69, 9.17) is 0 Å². The average Bonchev–Trinajstić information content (AvgIpc) is 3.36. The van der Waals surface area contributed by atoms with E-state index in [2.05, 4.69) is 26.2 Å². The molecule has 5 nitrogen and oxygen atoms in total. The maximum Gasteiger partial charge on any atom is 0.257 e. The first kappa shape index (κ1) is 17.5. The Hall–Kier alpha value is -1.62. The second kappa shape index (κ2) is 7.08. The lowest BCUT2D eigenvalue weighted by molar-refractivity contribution is 0.103. The molecule has 3 aliphatic rings. The summed E-state index contributed by atoms with van der Waals surface area (Å²) in [7, 11) is 0. The number of hydrogen-bond donors (Lipinski definition) is 0. The molecule has 1 atom stereocenters. The molecule has 2 fully saturated rings. The highest BCUT2D eigenvalue weighted by Crippen LogP contribution is 2.36. The van der Waals surface area contributed by atoms with Gasteiger partial charge in [0.2, 0.25) is 0 Å². The topological polar surface area (TPSA) is 43.1 Å². The van der Waals surface area contributed by atoms with E-state index >= 15 is 0 Å². The van der Waals surface area contributed by atoms with Crippen molar-refractivity contribution in [2.75, 3.05) is 6.54 Å². The number of nitrogens with zero attached hydrogens (tertiary/aromatic N) is 4. The Labute approximate surface area is 161 Å². The number of aromatic nitrogens is 3. The van der Waals surface area contributed by atoms with Crippen molar-refractivity contribution < 1.29 is 0 Å². The smallest absolute Gasteiger partial charge is 0.257 e. The third-order valence-electron chi connectivity index (χ3n) is 7.21. The predicted octanol–water partition coefficient (Wildman–Crippen LogP) is 4.02. The van der Waals surface area contributed by atoms with E-state index in [1.165, 1.54) is 55.9 Å². The quantitative estimate of drug-likeness (QED) is 0.822. The van der Waals surface area contributed by atoms with Crippen molar-refractivity contribution in [1.29, 1.82) is 0 Å². The Balaban J connectivity index is 1.68. The van der Waals surface area contributed by atoms with Crippen LogP contribution in [0.15, 0.2) is 11.0 Å². The Kier molecular flexibility index (Phi) is 4.58. The minimum atomic E-state index is 0.220. The van der Waals surface area contributed by atoms with Crippen molar-refractivity contribution in [3.8, 4) is 0 Å². The fourth-order valence-corrected chi connectivity index (χ4v) is 5.92. The van der Waals surface area contributed by atoms with E-state index in [-0.39, 0.29) is 11.7 Å². The van der Waals surface area contributed by atoms with Gasteiger partial charge in [0, 0.05) is 30.1 Å². The van der Waals surface area contributed by atoms with Crippen LogP contribution in [0, 0.1) is 0 Å². The van der Waals surface area contributed by atoms with Crippen LogP contribution < -0.4 is 5.56 Å². The molecule has 2 aromatic heterocycles. The van der Waals surface area contributed by atoms with Gasteiger partial charge >= 0.3 is 0 Å². The normalized spacial score (nSPS) is 24.6. The largest absolute Gasteiger partial charge is 0.280 e. The summed E-state index contributed by atoms with van der Waals surface area (Å²) in [4.78, 5) is 16.4. The van der Waals surface area contributed by atoms with Gasteiger partial charge in [0.15, 0.2) is 0 Å². The van der Waals surface area contributed by atoms with Crippen molar-refractivity contribution in [3.05, 3.63) is 27.7 Å². The summed E-state index contributed by atoms with van der Waals surface area (Å²) in [5.74, 6) is 0. The van der Waals surface area contributed by atoms with Crippen LogP contribution in [0.2, 0.25) is 0 Å². The van der Waals surface area contributed by atoms with E-state index in [0.29, 0.717) is 6.04 Å². The number of pyridine rings is 1. The second-order valence-electron chi connectivity index (χ2n) is 8.69. The molecule has 0 amide bonds. The summed E-state index contributed by atoms with van der Waals surface area (Å²) >= 11 is 0. The molecule has 0 bridgehead atoms. The van der Waals surface area contributed by atoms with Crippen LogP contribution in [-0.4, -0.2) is 31.8 Å². The van der Waals surface area contributed by atoms with E-state index in [1.807, 2.05) is 6.20 Å². The third-order valence-corrected chi connectivity index (χ3v) is 7.21. The molecule has 1 saturated heterocycles. The van der Waals surface area contributed by atoms with Crippen LogP contribution in [0.3, 0.4) is 0 Å². The van der Waals surface area contributed by atoms with Gasteiger partial charge in [-0.2, -0.15) is 5.10 Å². The first-order chi connectivity index (χ1) is 13.3. The van der Waals surface area contributed by atoms with Crippen molar-refractivity contribution >= 4 is 11.0 Å². The lowest BCUT2D eigenvalue weighted by atomic mass is 9.91. The SMILES string of the molecule is CCn1ncc2c3c(c(=O)n(C4CCCN4C4CCCCC4)c21)CCCC3. The van der Waals surface area contributed by atoms with E-state index < -0.39 is 0 Å². The number of aryl methyl sites for hydroxylation is 2. The molecule has 3 heterocycles. The first-order valence-electron chi connectivity index (χ1n) is 11.2. The zero-order valence-corrected chi connectivity index (χ0v) is 16.6. The van der Waals surface area contributed by atoms with Crippen LogP contribution in [0.5, 0.6) is 0 Å². The molecule has 0 spiro atoms. The summed E-state index contributed by atoms with van der Waals surface area (Å²) in [5.41, 5.74) is 3.73. The number of hydrogen-bond acceptors (Lipinski definition) is 3. The van der Waals surface area contributed by atoms with Crippen LogP contribution in [-0.2, 0) is 19.4 Å². The molecule has 146 valence electrons. The molecule has 5 rings (SSSR count). The highest BCUT2D eigenvalue weighted by atomic mass is 16.1. The van der Waals surface area contributed by atoms with Gasteiger partial charge in [0.1, 0.15) is 5.65 Å². The standard InChI is InChI=1S/C22H32N4O/c1-2-25-21-19(15-23-25)17-11-6-7-12-18(17)22(27)26(21)20-13-8-14-24(20)16-9-4-3-5-10-16/h15-16,20H,2-14H2,1H3. The molecule has 0 aromatic carbocycles. The van der Waals surface area contributed by atoms with E-state index in [1.54, 1.807) is 0 Å². The lowest BCUT2D eigenvalue weighted by Crippen LogP contribution is -2.43. The zero-order chi connectivity index (χ0) is 18.4. The highest BCUT2D eigenvalue weighted by Gasteiger charge is 2.35. The fraction of sp³-hybridized carbons (Fsp3) is 0.727. The monoisotopic (exact) mass is 368 g/mol. The number of likely N-dealkylation sites (tertiary alicyclic amines) is 1. The van der Waals surface area contributed by atoms with Gasteiger partial charge in [0.25, 0.3) is 5.56 Å². The van der Waals surface area contributed by atoms with Gasteiger partial charge in [-0.05, 0) is 63.9 Å². The molecule has 5 heteroatoms. The Morgan fingerprint density at radius 1 is 1.00 bits per heavy atom. The molecular weight excluding hydrogens is 336 g/mol. The molecule has 1 saturated carbocycles. The zero-order valence-electron chi connectivity index (χ0n) is 16.6. The van der Waals surface area contributed by atoms with Gasteiger partial charge in [0.05, 0.1) is 12.4 Å². The van der Waals surface area contributed by atoms with E-state index in [0.717, 1.165) is 50.0 Å².